The van der Waals surface area contributed by atoms with Crippen LogP contribution in [0.2, 0.25) is 5.02 Å². The highest BCUT2D eigenvalue weighted by Crippen LogP contribution is 2.39. The molecule has 0 unspecified atom stereocenters. The van der Waals surface area contributed by atoms with Gasteiger partial charge in [-0.2, -0.15) is 0 Å². The minimum absolute atomic E-state index is 0.0205. The molecule has 1 aliphatic heterocycles. The molecule has 0 aromatic heterocycles. The Hall–Kier alpha value is -3.66. The van der Waals surface area contributed by atoms with Gasteiger partial charge in [-0.3, -0.25) is 9.59 Å². The summed E-state index contributed by atoms with van der Waals surface area (Å²) in [5, 5.41) is 15.9. The fourth-order valence-electron chi connectivity index (χ4n) is 4.48. The van der Waals surface area contributed by atoms with Crippen molar-refractivity contribution < 1.29 is 23.1 Å². The second kappa shape index (κ2) is 12.0. The molecule has 3 N–H and O–H groups in total. The molecule has 3 aromatic carbocycles. The number of hydrogen-bond acceptors (Lipinski definition) is 6. The van der Waals surface area contributed by atoms with E-state index in [1.807, 2.05) is 13.8 Å². The minimum atomic E-state index is -3.47. The summed E-state index contributed by atoms with van der Waals surface area (Å²) < 4.78 is 25.8. The first-order valence-corrected chi connectivity index (χ1v) is 14.6. The lowest BCUT2D eigenvalue weighted by molar-refractivity contribution is -0.136. The Kier molecular flexibility index (Phi) is 8.74. The molecule has 0 fully saturated rings. The van der Waals surface area contributed by atoms with E-state index in [0.29, 0.717) is 50.9 Å². The highest BCUT2D eigenvalue weighted by Gasteiger charge is 2.29. The molecule has 0 saturated carbocycles. The number of nitrogens with one attached hydrogen (secondary N) is 2. The SMILES string of the molecule is CCN(CC)CCS(=O)(=O)c1ccc(N/C(=C2\C(=O)Nc3cc(Cl)ccc32)c2cccc(CC(=O)O)c2)cc1. The Morgan fingerprint density at radius 1 is 1.03 bits per heavy atom. The summed E-state index contributed by atoms with van der Waals surface area (Å²) in [6.07, 6.45) is -0.172. The standard InChI is InChI=1S/C29H30ClN3O5S/c1-3-33(4-2)14-15-39(37,38)23-11-9-22(10-12-23)31-28(20-7-5-6-19(16-20)17-26(34)35)27-24-13-8-21(30)18-25(24)32-29(27)36/h5-13,16,18,31H,3-4,14-15,17H2,1-2H3,(H,32,36)(H,34,35)/b28-27-. The number of carboxylic acids is 1. The van der Waals surface area contributed by atoms with Gasteiger partial charge in [-0.1, -0.05) is 49.7 Å². The number of carbonyl (C=O) groups is 2. The number of aliphatic carboxylic acids is 1. The molecule has 0 aliphatic carbocycles. The van der Waals surface area contributed by atoms with Gasteiger partial charge >= 0.3 is 5.97 Å². The quantitative estimate of drug-likeness (QED) is 0.279. The lowest BCUT2D eigenvalue weighted by Crippen LogP contribution is -2.29. The third kappa shape index (κ3) is 6.68. The van der Waals surface area contributed by atoms with Gasteiger partial charge in [-0.25, -0.2) is 8.42 Å². The van der Waals surface area contributed by atoms with Gasteiger partial charge in [0.2, 0.25) is 0 Å². The topological polar surface area (TPSA) is 116 Å². The van der Waals surface area contributed by atoms with Crippen molar-refractivity contribution in [3.63, 3.8) is 0 Å². The molecule has 4 rings (SSSR count). The van der Waals surface area contributed by atoms with Crippen LogP contribution in [0.5, 0.6) is 0 Å². The van der Waals surface area contributed by atoms with E-state index in [9.17, 15) is 23.1 Å². The number of amides is 1. The van der Waals surface area contributed by atoms with Crippen LogP contribution in [0.25, 0.3) is 11.3 Å². The molecule has 8 nitrogen and oxygen atoms in total. The van der Waals surface area contributed by atoms with E-state index in [0.717, 1.165) is 13.1 Å². The summed E-state index contributed by atoms with van der Waals surface area (Å²) in [6, 6.07) is 18.5. The van der Waals surface area contributed by atoms with Crippen molar-refractivity contribution >= 4 is 56.0 Å². The molecular weight excluding hydrogens is 538 g/mol. The van der Waals surface area contributed by atoms with Crippen molar-refractivity contribution in [2.24, 2.45) is 0 Å². The first-order chi connectivity index (χ1) is 18.6. The van der Waals surface area contributed by atoms with E-state index in [1.165, 1.54) is 0 Å². The van der Waals surface area contributed by atoms with Crippen molar-refractivity contribution in [3.8, 4) is 0 Å². The highest BCUT2D eigenvalue weighted by atomic mass is 35.5. The Labute approximate surface area is 233 Å². The van der Waals surface area contributed by atoms with Gasteiger partial charge in [0.15, 0.2) is 9.84 Å². The lowest BCUT2D eigenvalue weighted by atomic mass is 9.98. The molecule has 0 saturated heterocycles. The third-order valence-electron chi connectivity index (χ3n) is 6.60. The predicted octanol–water partition coefficient (Wildman–Crippen LogP) is 5.02. The first-order valence-electron chi connectivity index (χ1n) is 12.6. The van der Waals surface area contributed by atoms with Gasteiger partial charge < -0.3 is 20.6 Å². The number of sulfone groups is 1. The van der Waals surface area contributed by atoms with Crippen molar-refractivity contribution in [2.45, 2.75) is 25.2 Å². The summed E-state index contributed by atoms with van der Waals surface area (Å²) in [5.41, 5.74) is 3.79. The average Bonchev–Trinajstić information content (AvgIpc) is 3.22. The molecule has 0 atom stereocenters. The van der Waals surface area contributed by atoms with Crippen molar-refractivity contribution in [1.82, 2.24) is 4.90 Å². The smallest absolute Gasteiger partial charge is 0.307 e. The molecule has 39 heavy (non-hydrogen) atoms. The molecule has 0 radical (unpaired) electrons. The summed E-state index contributed by atoms with van der Waals surface area (Å²) in [4.78, 5) is 26.7. The number of carboxylic acid groups (broad SMARTS) is 1. The number of fused-ring (bicyclic) bond motifs is 1. The maximum atomic E-state index is 13.1. The molecule has 3 aromatic rings. The number of hydrogen-bond donors (Lipinski definition) is 3. The van der Waals surface area contributed by atoms with Crippen LogP contribution < -0.4 is 10.6 Å². The number of rotatable bonds is 11. The minimum Gasteiger partial charge on any atom is -0.481 e. The number of benzene rings is 3. The van der Waals surface area contributed by atoms with Crippen molar-refractivity contribution in [3.05, 3.63) is 88.4 Å². The van der Waals surface area contributed by atoms with Crippen LogP contribution in [0.15, 0.2) is 71.6 Å². The maximum absolute atomic E-state index is 13.1. The zero-order valence-corrected chi connectivity index (χ0v) is 23.3. The lowest BCUT2D eigenvalue weighted by Gasteiger charge is -2.18. The Bertz CT molecular complexity index is 1530. The van der Waals surface area contributed by atoms with Crippen molar-refractivity contribution in [2.75, 3.05) is 36.0 Å². The van der Waals surface area contributed by atoms with Crippen LogP contribution in [-0.2, 0) is 25.8 Å². The normalized spacial score (nSPS) is 14.2. The first kappa shape index (κ1) is 28.4. The van der Waals surface area contributed by atoms with E-state index < -0.39 is 15.8 Å². The summed E-state index contributed by atoms with van der Waals surface area (Å²) in [7, 11) is -3.47. The van der Waals surface area contributed by atoms with Crippen LogP contribution in [0.3, 0.4) is 0 Å². The van der Waals surface area contributed by atoms with Crippen LogP contribution in [0, 0.1) is 0 Å². The van der Waals surface area contributed by atoms with Crippen LogP contribution in [0.4, 0.5) is 11.4 Å². The van der Waals surface area contributed by atoms with E-state index in [1.54, 1.807) is 66.7 Å². The van der Waals surface area contributed by atoms with E-state index >= 15 is 0 Å². The van der Waals surface area contributed by atoms with Gasteiger partial charge in [-0.15, -0.1) is 0 Å². The Morgan fingerprint density at radius 2 is 1.74 bits per heavy atom. The van der Waals surface area contributed by atoms with E-state index in [4.69, 9.17) is 11.6 Å². The Morgan fingerprint density at radius 3 is 2.41 bits per heavy atom. The third-order valence-corrected chi connectivity index (χ3v) is 8.55. The molecule has 0 bridgehead atoms. The average molecular weight is 568 g/mol. The zero-order chi connectivity index (χ0) is 28.2. The van der Waals surface area contributed by atoms with Crippen LogP contribution in [0.1, 0.15) is 30.5 Å². The predicted molar refractivity (Wildman–Crippen MR) is 155 cm³/mol. The Balaban J connectivity index is 1.72. The van der Waals surface area contributed by atoms with Gasteiger partial charge in [0.05, 0.1) is 34.0 Å². The second-order valence-corrected chi connectivity index (χ2v) is 11.7. The molecule has 10 heteroatoms. The van der Waals surface area contributed by atoms with Gasteiger partial charge in [0.25, 0.3) is 5.91 Å². The number of anilines is 2. The molecule has 1 aliphatic rings. The molecule has 1 heterocycles. The molecule has 204 valence electrons. The van der Waals surface area contributed by atoms with Crippen molar-refractivity contribution in [1.29, 1.82) is 0 Å². The van der Waals surface area contributed by atoms with Crippen LogP contribution in [-0.4, -0.2) is 55.7 Å². The largest absolute Gasteiger partial charge is 0.481 e. The zero-order valence-electron chi connectivity index (χ0n) is 21.7. The fourth-order valence-corrected chi connectivity index (χ4v) is 5.94. The summed E-state index contributed by atoms with van der Waals surface area (Å²) in [6.45, 7) is 6.01. The molecular formula is C29H30ClN3O5S. The van der Waals surface area contributed by atoms with Gasteiger partial charge in [0.1, 0.15) is 0 Å². The number of nitrogens with zero attached hydrogens (tertiary/aromatic N) is 1. The van der Waals surface area contributed by atoms with Gasteiger partial charge in [0, 0.05) is 22.8 Å². The summed E-state index contributed by atoms with van der Waals surface area (Å²) in [5.74, 6) is -1.29. The van der Waals surface area contributed by atoms with Crippen LogP contribution >= 0.6 is 11.6 Å². The molecule has 0 spiro atoms. The fraction of sp³-hybridized carbons (Fsp3) is 0.241. The molecule has 1 amide bonds. The second-order valence-electron chi connectivity index (χ2n) is 9.16. The number of carbonyl (C=O) groups excluding carboxylic acids is 1. The van der Waals surface area contributed by atoms with E-state index in [-0.39, 0.29) is 23.0 Å². The summed E-state index contributed by atoms with van der Waals surface area (Å²) >= 11 is 6.13. The highest BCUT2D eigenvalue weighted by molar-refractivity contribution is 7.91. The number of halogens is 1. The maximum Gasteiger partial charge on any atom is 0.307 e. The van der Waals surface area contributed by atoms with E-state index in [2.05, 4.69) is 15.5 Å². The monoisotopic (exact) mass is 567 g/mol. The van der Waals surface area contributed by atoms with Gasteiger partial charge in [-0.05, 0) is 66.7 Å².